The van der Waals surface area contributed by atoms with Crippen molar-refractivity contribution in [1.29, 1.82) is 5.26 Å². The van der Waals surface area contributed by atoms with Gasteiger partial charge in [-0.15, -0.1) is 21.5 Å². The van der Waals surface area contributed by atoms with E-state index in [9.17, 15) is 4.79 Å². The maximum atomic E-state index is 12.5. The van der Waals surface area contributed by atoms with Gasteiger partial charge in [0, 0.05) is 6.54 Å². The molecule has 7 nitrogen and oxygen atoms in total. The number of carbonyl (C=O) groups is 1. The van der Waals surface area contributed by atoms with Crippen LogP contribution < -0.4 is 4.74 Å². The van der Waals surface area contributed by atoms with Gasteiger partial charge in [0.15, 0.2) is 6.61 Å². The van der Waals surface area contributed by atoms with Gasteiger partial charge >= 0.3 is 0 Å². The van der Waals surface area contributed by atoms with Crippen molar-refractivity contribution >= 4 is 17.2 Å². The number of nitriles is 1. The lowest BCUT2D eigenvalue weighted by Crippen LogP contribution is -2.35. The Kier molecular flexibility index (Phi) is 6.18. The van der Waals surface area contributed by atoms with Crippen molar-refractivity contribution in [3.8, 4) is 22.6 Å². The summed E-state index contributed by atoms with van der Waals surface area (Å²) in [4.78, 5) is 15.1. The van der Waals surface area contributed by atoms with Crippen molar-refractivity contribution in [2.24, 2.45) is 0 Å². The quantitative estimate of drug-likeness (QED) is 0.592. The molecule has 0 saturated carbocycles. The zero-order valence-electron chi connectivity index (χ0n) is 14.8. The molecule has 0 saturated heterocycles. The summed E-state index contributed by atoms with van der Waals surface area (Å²) < 4.78 is 11.2. The Bertz CT molecular complexity index is 913. The number of nitrogens with zero attached hydrogens (tertiary/aromatic N) is 4. The van der Waals surface area contributed by atoms with Crippen LogP contribution in [0.3, 0.4) is 0 Å². The molecule has 1 amide bonds. The molecule has 2 heterocycles. The lowest BCUT2D eigenvalue weighted by atomic mass is 10.2. The average Bonchev–Trinajstić information content (AvgIpc) is 3.38. The number of hydrogen-bond acceptors (Lipinski definition) is 7. The standard InChI is InChI=1S/C19H18N4O3S/c1-2-9-23(12-17-21-22-19(26-17)16-4-3-10-27-16)18(24)13-25-15-7-5-14(11-20)6-8-15/h3-8,10H,2,9,12-13H2,1H3. The van der Waals surface area contributed by atoms with Gasteiger partial charge in [-0.05, 0) is 42.1 Å². The fourth-order valence-electron chi connectivity index (χ4n) is 2.40. The first-order valence-electron chi connectivity index (χ1n) is 8.46. The van der Waals surface area contributed by atoms with Gasteiger partial charge in [0.25, 0.3) is 11.8 Å². The molecule has 0 aliphatic carbocycles. The Morgan fingerprint density at radius 2 is 2.11 bits per heavy atom. The first-order valence-corrected chi connectivity index (χ1v) is 9.34. The molecule has 0 bridgehead atoms. The maximum Gasteiger partial charge on any atom is 0.260 e. The zero-order valence-corrected chi connectivity index (χ0v) is 15.6. The van der Waals surface area contributed by atoms with E-state index in [0.717, 1.165) is 11.3 Å². The normalized spacial score (nSPS) is 10.4. The molecule has 138 valence electrons. The highest BCUT2D eigenvalue weighted by Crippen LogP contribution is 2.23. The van der Waals surface area contributed by atoms with Crippen molar-refractivity contribution in [2.45, 2.75) is 19.9 Å². The molecule has 0 unspecified atom stereocenters. The first kappa shape index (κ1) is 18.6. The third-order valence-electron chi connectivity index (χ3n) is 3.72. The zero-order chi connectivity index (χ0) is 19.1. The van der Waals surface area contributed by atoms with Crippen LogP contribution in [0, 0.1) is 11.3 Å². The summed E-state index contributed by atoms with van der Waals surface area (Å²) in [6.45, 7) is 2.69. The second-order valence-corrected chi connectivity index (χ2v) is 6.67. The van der Waals surface area contributed by atoms with Crippen molar-refractivity contribution in [2.75, 3.05) is 13.2 Å². The Balaban J connectivity index is 1.60. The van der Waals surface area contributed by atoms with E-state index in [2.05, 4.69) is 10.2 Å². The molecule has 27 heavy (non-hydrogen) atoms. The number of amides is 1. The highest BCUT2D eigenvalue weighted by Gasteiger charge is 2.18. The van der Waals surface area contributed by atoms with Crippen LogP contribution in [0.5, 0.6) is 5.75 Å². The molecule has 0 radical (unpaired) electrons. The van der Waals surface area contributed by atoms with Crippen LogP contribution in [0.15, 0.2) is 46.2 Å². The first-order chi connectivity index (χ1) is 13.2. The predicted octanol–water partition coefficient (Wildman–Crippen LogP) is 3.49. The highest BCUT2D eigenvalue weighted by atomic mass is 32.1. The fraction of sp³-hybridized carbons (Fsp3) is 0.263. The summed E-state index contributed by atoms with van der Waals surface area (Å²) in [7, 11) is 0. The van der Waals surface area contributed by atoms with Crippen LogP contribution in [0.2, 0.25) is 0 Å². The van der Waals surface area contributed by atoms with Crippen LogP contribution in [-0.4, -0.2) is 34.2 Å². The minimum atomic E-state index is -0.169. The van der Waals surface area contributed by atoms with Crippen LogP contribution >= 0.6 is 11.3 Å². The molecular formula is C19H18N4O3S. The number of thiophene rings is 1. The monoisotopic (exact) mass is 382 g/mol. The fourth-order valence-corrected chi connectivity index (χ4v) is 3.05. The van der Waals surface area contributed by atoms with E-state index >= 15 is 0 Å². The Morgan fingerprint density at radius 3 is 2.78 bits per heavy atom. The molecule has 3 rings (SSSR count). The summed E-state index contributed by atoms with van der Waals surface area (Å²) in [5.74, 6) is 1.21. The highest BCUT2D eigenvalue weighted by molar-refractivity contribution is 7.13. The van der Waals surface area contributed by atoms with Crippen molar-refractivity contribution in [3.63, 3.8) is 0 Å². The summed E-state index contributed by atoms with van der Waals surface area (Å²) in [5, 5.41) is 18.8. The largest absolute Gasteiger partial charge is 0.484 e. The smallest absolute Gasteiger partial charge is 0.260 e. The van der Waals surface area contributed by atoms with Crippen molar-refractivity contribution in [1.82, 2.24) is 15.1 Å². The maximum absolute atomic E-state index is 12.5. The summed E-state index contributed by atoms with van der Waals surface area (Å²) in [5.41, 5.74) is 0.541. The molecule has 8 heteroatoms. The van der Waals surface area contributed by atoms with Gasteiger partial charge in [-0.1, -0.05) is 13.0 Å². The summed E-state index contributed by atoms with van der Waals surface area (Å²) in [6, 6.07) is 12.5. The summed E-state index contributed by atoms with van der Waals surface area (Å²) >= 11 is 1.52. The van der Waals surface area contributed by atoms with E-state index in [0.29, 0.717) is 29.6 Å². The minimum Gasteiger partial charge on any atom is -0.484 e. The molecule has 0 aliphatic rings. The second-order valence-electron chi connectivity index (χ2n) is 5.72. The molecule has 0 fully saturated rings. The molecule has 0 aliphatic heterocycles. The Hall–Kier alpha value is -3.18. The predicted molar refractivity (Wildman–Crippen MR) is 100.0 cm³/mol. The lowest BCUT2D eigenvalue weighted by molar-refractivity contribution is -0.134. The molecule has 0 spiro atoms. The third kappa shape index (κ3) is 4.92. The van der Waals surface area contributed by atoms with Gasteiger partial charge < -0.3 is 14.1 Å². The van der Waals surface area contributed by atoms with E-state index in [1.807, 2.05) is 30.5 Å². The van der Waals surface area contributed by atoms with Crippen LogP contribution in [0.25, 0.3) is 10.8 Å². The molecule has 0 N–H and O–H groups in total. The molecule has 3 aromatic rings. The van der Waals surface area contributed by atoms with E-state index in [1.165, 1.54) is 11.3 Å². The van der Waals surface area contributed by atoms with E-state index in [4.69, 9.17) is 14.4 Å². The van der Waals surface area contributed by atoms with E-state index < -0.39 is 0 Å². The number of rotatable bonds is 8. The number of aromatic nitrogens is 2. The van der Waals surface area contributed by atoms with Gasteiger partial charge in [0.2, 0.25) is 5.89 Å². The number of carbonyl (C=O) groups excluding carboxylic acids is 1. The summed E-state index contributed by atoms with van der Waals surface area (Å²) in [6.07, 6.45) is 0.800. The molecule has 2 aromatic heterocycles. The van der Waals surface area contributed by atoms with Crippen LogP contribution in [-0.2, 0) is 11.3 Å². The molecular weight excluding hydrogens is 364 g/mol. The van der Waals surface area contributed by atoms with Crippen LogP contribution in [0.4, 0.5) is 0 Å². The number of ether oxygens (including phenoxy) is 1. The average molecular weight is 382 g/mol. The molecule has 0 atom stereocenters. The van der Waals surface area contributed by atoms with Gasteiger partial charge in [-0.3, -0.25) is 4.79 Å². The Labute approximate surface area is 160 Å². The van der Waals surface area contributed by atoms with Gasteiger partial charge in [0.05, 0.1) is 23.1 Å². The van der Waals surface area contributed by atoms with E-state index in [1.54, 1.807) is 29.2 Å². The number of hydrogen-bond donors (Lipinski definition) is 0. The Morgan fingerprint density at radius 1 is 1.30 bits per heavy atom. The number of benzene rings is 1. The van der Waals surface area contributed by atoms with Gasteiger partial charge in [-0.25, -0.2) is 0 Å². The van der Waals surface area contributed by atoms with Gasteiger partial charge in [0.1, 0.15) is 5.75 Å². The third-order valence-corrected chi connectivity index (χ3v) is 4.57. The van der Waals surface area contributed by atoms with Gasteiger partial charge in [-0.2, -0.15) is 5.26 Å². The minimum absolute atomic E-state index is 0.0994. The van der Waals surface area contributed by atoms with E-state index in [-0.39, 0.29) is 19.1 Å². The molecule has 1 aromatic carbocycles. The van der Waals surface area contributed by atoms with Crippen molar-refractivity contribution < 1.29 is 13.9 Å². The SMILES string of the molecule is CCCN(Cc1nnc(-c2cccs2)o1)C(=O)COc1ccc(C#N)cc1. The topological polar surface area (TPSA) is 92.2 Å². The lowest BCUT2D eigenvalue weighted by Gasteiger charge is -2.20. The van der Waals surface area contributed by atoms with Crippen LogP contribution in [0.1, 0.15) is 24.8 Å². The van der Waals surface area contributed by atoms with Crippen molar-refractivity contribution in [3.05, 3.63) is 53.2 Å². The second kappa shape index (κ2) is 8.96.